The fraction of sp³-hybridized carbons (Fsp3) is 0.242. The van der Waals surface area contributed by atoms with Crippen LogP contribution < -0.4 is 10.6 Å². The minimum atomic E-state index is -3.80. The zero-order valence-corrected chi connectivity index (χ0v) is 26.6. The Morgan fingerprint density at radius 2 is 1.56 bits per heavy atom. The van der Waals surface area contributed by atoms with Crippen molar-refractivity contribution in [1.29, 1.82) is 0 Å². The number of carbonyl (C=O) groups excluding carboxylic acids is 3. The Hall–Kier alpha value is -4.36. The molecule has 0 saturated carbocycles. The van der Waals surface area contributed by atoms with Crippen molar-refractivity contribution in [3.05, 3.63) is 118 Å². The van der Waals surface area contributed by atoms with E-state index in [1.807, 2.05) is 48.5 Å². The molecule has 2 heterocycles. The Labute approximate surface area is 266 Å². The van der Waals surface area contributed by atoms with Crippen LogP contribution in [0.25, 0.3) is 0 Å². The predicted molar refractivity (Wildman–Crippen MR) is 173 cm³/mol. The number of amides is 3. The second-order valence-electron chi connectivity index (χ2n) is 10.6. The lowest BCUT2D eigenvalue weighted by Crippen LogP contribution is -2.34. The van der Waals surface area contributed by atoms with Crippen molar-refractivity contribution < 1.29 is 27.5 Å². The summed E-state index contributed by atoms with van der Waals surface area (Å²) in [7, 11) is -2.30. The molecule has 1 aromatic heterocycles. The van der Waals surface area contributed by atoms with E-state index in [2.05, 4.69) is 27.7 Å². The number of anilines is 1. The van der Waals surface area contributed by atoms with Crippen molar-refractivity contribution in [1.82, 2.24) is 14.5 Å². The van der Waals surface area contributed by atoms with E-state index in [4.69, 9.17) is 4.74 Å². The van der Waals surface area contributed by atoms with E-state index in [1.54, 1.807) is 6.92 Å². The Bertz CT molecular complexity index is 1780. The van der Waals surface area contributed by atoms with Gasteiger partial charge in [-0.3, -0.25) is 19.8 Å². The molecule has 0 unspecified atom stereocenters. The van der Waals surface area contributed by atoms with Crippen molar-refractivity contribution in [3.8, 4) is 0 Å². The molecule has 1 aliphatic heterocycles. The molecule has 0 saturated heterocycles. The van der Waals surface area contributed by atoms with E-state index in [0.29, 0.717) is 24.5 Å². The van der Waals surface area contributed by atoms with Gasteiger partial charge in [-0.2, -0.15) is 4.31 Å². The van der Waals surface area contributed by atoms with Crippen LogP contribution in [0, 0.1) is 0 Å². The first-order valence-electron chi connectivity index (χ1n) is 14.5. The first-order chi connectivity index (χ1) is 21.7. The Kier molecular flexibility index (Phi) is 10.1. The van der Waals surface area contributed by atoms with E-state index in [-0.39, 0.29) is 29.2 Å². The van der Waals surface area contributed by atoms with Gasteiger partial charge >= 0.3 is 6.09 Å². The molecule has 45 heavy (non-hydrogen) atoms. The number of nitrogens with zero attached hydrogens (tertiary/aromatic N) is 2. The van der Waals surface area contributed by atoms with Crippen molar-refractivity contribution in [2.75, 3.05) is 25.5 Å². The van der Waals surface area contributed by atoms with Gasteiger partial charge in [-0.05, 0) is 54.3 Å². The summed E-state index contributed by atoms with van der Waals surface area (Å²) in [6, 6.07) is 25.0. The summed E-state index contributed by atoms with van der Waals surface area (Å²) in [6.07, 6.45) is -0.307. The molecular formula is C33H34N4O6S2. The average molecular weight is 647 g/mol. The zero-order valence-electron chi connectivity index (χ0n) is 25.0. The number of ether oxygens (including phenoxy) is 1. The van der Waals surface area contributed by atoms with Gasteiger partial charge in [0.25, 0.3) is 11.8 Å². The average Bonchev–Trinajstić information content (AvgIpc) is 3.39. The number of nitrogens with one attached hydrogen (secondary N) is 2. The maximum atomic E-state index is 13.4. The topological polar surface area (TPSA) is 125 Å². The molecule has 0 radical (unpaired) electrons. The molecule has 0 fully saturated rings. The van der Waals surface area contributed by atoms with Crippen molar-refractivity contribution in [2.45, 2.75) is 37.9 Å². The Morgan fingerprint density at radius 1 is 0.911 bits per heavy atom. The number of benzene rings is 3. The number of carbonyl (C=O) groups is 3. The van der Waals surface area contributed by atoms with E-state index in [0.717, 1.165) is 22.5 Å². The molecule has 1 aliphatic rings. The number of rotatable bonds is 10. The second kappa shape index (κ2) is 14.2. The normalized spacial score (nSPS) is 13.2. The van der Waals surface area contributed by atoms with Crippen LogP contribution in [-0.2, 0) is 40.8 Å². The van der Waals surface area contributed by atoms with E-state index < -0.39 is 27.9 Å². The summed E-state index contributed by atoms with van der Waals surface area (Å²) >= 11 is 1.29. The molecule has 234 valence electrons. The SMILES string of the molecule is CCOC(=O)NC(=O)c1c(NC(=O)c2ccc(S(=O)(=O)N(C)Cc3ccccc3)cc2)sc2c1CCN(Cc1ccccc1)C2. The number of hydrogen-bond acceptors (Lipinski definition) is 8. The molecular weight excluding hydrogens is 613 g/mol. The van der Waals surface area contributed by atoms with Gasteiger partial charge in [0.1, 0.15) is 5.00 Å². The fourth-order valence-corrected chi connectivity index (χ4v) is 7.58. The first-order valence-corrected chi connectivity index (χ1v) is 16.7. The van der Waals surface area contributed by atoms with E-state index in [9.17, 15) is 22.8 Å². The maximum absolute atomic E-state index is 13.4. The summed E-state index contributed by atoms with van der Waals surface area (Å²) in [6.45, 7) is 3.95. The number of thiophene rings is 1. The van der Waals surface area contributed by atoms with E-state index >= 15 is 0 Å². The highest BCUT2D eigenvalue weighted by molar-refractivity contribution is 7.89. The van der Waals surface area contributed by atoms with Crippen LogP contribution in [-0.4, -0.2) is 55.7 Å². The number of fused-ring (bicyclic) bond motifs is 1. The minimum Gasteiger partial charge on any atom is -0.450 e. The number of imide groups is 1. The second-order valence-corrected chi connectivity index (χ2v) is 13.7. The number of hydrogen-bond donors (Lipinski definition) is 2. The van der Waals surface area contributed by atoms with Gasteiger partial charge in [-0.25, -0.2) is 13.2 Å². The first kappa shape index (κ1) is 32.0. The lowest BCUT2D eigenvalue weighted by atomic mass is 10.0. The predicted octanol–water partition coefficient (Wildman–Crippen LogP) is 5.27. The molecule has 0 atom stereocenters. The standard InChI is InChI=1S/C33H34N4O6S2/c1-3-43-33(40)35-31(39)29-27-18-19-37(21-24-12-8-5-9-13-24)22-28(27)44-32(29)34-30(38)25-14-16-26(17-15-25)45(41,42)36(2)20-23-10-6-4-7-11-23/h4-17H,3,18-22H2,1-2H3,(H,34,38)(H,35,39,40). The van der Waals surface area contributed by atoms with Crippen LogP contribution in [0.15, 0.2) is 89.8 Å². The largest absolute Gasteiger partial charge is 0.450 e. The molecule has 0 bridgehead atoms. The molecule has 3 amide bonds. The Balaban J connectivity index is 1.35. The van der Waals surface area contributed by atoms with Crippen LogP contribution in [0.4, 0.5) is 9.80 Å². The fourth-order valence-electron chi connectivity index (χ4n) is 5.14. The molecule has 0 aliphatic carbocycles. The summed E-state index contributed by atoms with van der Waals surface area (Å²) in [4.78, 5) is 42.0. The molecule has 5 rings (SSSR count). The van der Waals surface area contributed by atoms with Crippen molar-refractivity contribution >= 4 is 44.3 Å². The van der Waals surface area contributed by atoms with Gasteiger partial charge in [0.2, 0.25) is 10.0 Å². The van der Waals surface area contributed by atoms with Crippen molar-refractivity contribution in [3.63, 3.8) is 0 Å². The highest BCUT2D eigenvalue weighted by Gasteiger charge is 2.30. The maximum Gasteiger partial charge on any atom is 0.414 e. The molecule has 10 nitrogen and oxygen atoms in total. The lowest BCUT2D eigenvalue weighted by molar-refractivity contribution is 0.0924. The molecule has 0 spiro atoms. The third-order valence-electron chi connectivity index (χ3n) is 7.40. The number of sulfonamides is 1. The summed E-state index contributed by atoms with van der Waals surface area (Å²) in [5, 5.41) is 5.41. The van der Waals surface area contributed by atoms with Crippen LogP contribution in [0.3, 0.4) is 0 Å². The highest BCUT2D eigenvalue weighted by Crippen LogP contribution is 2.38. The molecule has 12 heteroatoms. The van der Waals surface area contributed by atoms with E-state index in [1.165, 1.54) is 52.5 Å². The number of alkyl carbamates (subject to hydrolysis) is 1. The minimum absolute atomic E-state index is 0.0529. The van der Waals surface area contributed by atoms with Gasteiger partial charge in [-0.15, -0.1) is 11.3 Å². The van der Waals surface area contributed by atoms with Crippen LogP contribution in [0.2, 0.25) is 0 Å². The zero-order chi connectivity index (χ0) is 32.0. The third kappa shape index (κ3) is 7.66. The third-order valence-corrected chi connectivity index (χ3v) is 10.4. The molecule has 3 aromatic carbocycles. The van der Waals surface area contributed by atoms with Crippen LogP contribution in [0.5, 0.6) is 0 Å². The van der Waals surface area contributed by atoms with Crippen molar-refractivity contribution in [2.24, 2.45) is 0 Å². The highest BCUT2D eigenvalue weighted by atomic mass is 32.2. The summed E-state index contributed by atoms with van der Waals surface area (Å²) < 4.78 is 32.5. The lowest BCUT2D eigenvalue weighted by Gasteiger charge is -2.27. The van der Waals surface area contributed by atoms with Gasteiger partial charge in [0.15, 0.2) is 0 Å². The monoisotopic (exact) mass is 646 g/mol. The Morgan fingerprint density at radius 3 is 2.20 bits per heavy atom. The van der Waals surface area contributed by atoms with Gasteiger partial charge in [0, 0.05) is 43.7 Å². The van der Waals surface area contributed by atoms with Gasteiger partial charge in [-0.1, -0.05) is 60.7 Å². The van der Waals surface area contributed by atoms with Gasteiger partial charge < -0.3 is 10.1 Å². The van der Waals surface area contributed by atoms with Crippen LogP contribution in [0.1, 0.15) is 49.2 Å². The van der Waals surface area contributed by atoms with Crippen LogP contribution >= 0.6 is 11.3 Å². The van der Waals surface area contributed by atoms with Gasteiger partial charge in [0.05, 0.1) is 17.1 Å². The summed E-state index contributed by atoms with van der Waals surface area (Å²) in [5.74, 6) is -1.16. The molecule has 2 N–H and O–H groups in total. The quantitative estimate of drug-likeness (QED) is 0.241. The molecule has 4 aromatic rings. The summed E-state index contributed by atoms with van der Waals surface area (Å²) in [5.41, 5.74) is 3.25. The smallest absolute Gasteiger partial charge is 0.414 e.